The van der Waals surface area contributed by atoms with Crippen molar-refractivity contribution in [3.8, 4) is 0 Å². The van der Waals surface area contributed by atoms with Crippen molar-refractivity contribution in [2.45, 2.75) is 13.8 Å². The van der Waals surface area contributed by atoms with E-state index in [-0.39, 0.29) is 11.4 Å². The van der Waals surface area contributed by atoms with E-state index < -0.39 is 5.97 Å². The Hall–Kier alpha value is -1.36. The molecule has 0 heterocycles. The second-order valence-electron chi connectivity index (χ2n) is 1.61. The van der Waals surface area contributed by atoms with Crippen LogP contribution in [0.2, 0.25) is 0 Å². The summed E-state index contributed by atoms with van der Waals surface area (Å²) in [5.41, 5.74) is 0. The van der Waals surface area contributed by atoms with E-state index in [2.05, 4.69) is 11.3 Å². The van der Waals surface area contributed by atoms with Gasteiger partial charge in [-0.2, -0.15) is 0 Å². The summed E-state index contributed by atoms with van der Waals surface area (Å²) in [6.45, 7) is 6.12. The quantitative estimate of drug-likeness (QED) is 0.475. The van der Waals surface area contributed by atoms with E-state index in [9.17, 15) is 4.79 Å². The van der Waals surface area contributed by atoms with Crippen molar-refractivity contribution in [1.29, 1.82) is 0 Å². The summed E-state index contributed by atoms with van der Waals surface area (Å²) in [5, 5.41) is 7.42. The highest BCUT2D eigenvalue weighted by atomic mass is 16.5. The summed E-state index contributed by atoms with van der Waals surface area (Å²) in [4.78, 5) is 18.9. The Labute approximate surface area is 71.0 Å². The van der Waals surface area contributed by atoms with Crippen LogP contribution in [0.1, 0.15) is 13.8 Å². The molecule has 0 unspecified atom stereocenters. The summed E-state index contributed by atoms with van der Waals surface area (Å²) in [5.74, 6) is -1.10. The van der Waals surface area contributed by atoms with Crippen molar-refractivity contribution < 1.29 is 24.9 Å². The monoisotopic (exact) mass is 178 g/mol. The number of carbonyl (C=O) groups excluding carboxylic acids is 1. The largest absolute Gasteiger partial charge is 0.481 e. The first-order valence-corrected chi connectivity index (χ1v) is 2.94. The fraction of sp³-hybridized carbons (Fsp3) is 0.429. The topological polar surface area (TPSA) is 95.1 Å². The summed E-state index contributed by atoms with van der Waals surface area (Å²) in [6, 6.07) is 0. The minimum atomic E-state index is -0.833. The van der Waals surface area contributed by atoms with Crippen LogP contribution >= 0.6 is 0 Å². The molecule has 5 nitrogen and oxygen atoms in total. The first kappa shape index (κ1) is 16.9. The fourth-order valence-electron chi connectivity index (χ4n) is 0.176. The maximum absolute atomic E-state index is 9.93. The van der Waals surface area contributed by atoms with Crippen LogP contribution in [0, 0.1) is 0 Å². The highest BCUT2D eigenvalue weighted by Gasteiger charge is 1.83. The standard InChI is InChI=1S/C5H8O2.C2H4O2.H2O/c1-3-4-7-5(2)6;1-2(3)4;/h3H,1,4H2,2H3;1H3,(H,3,4);1H2. The van der Waals surface area contributed by atoms with Gasteiger partial charge in [0, 0.05) is 13.8 Å². The zero-order chi connectivity index (χ0) is 9.28. The van der Waals surface area contributed by atoms with Gasteiger partial charge in [-0.1, -0.05) is 12.7 Å². The molecule has 0 rings (SSSR count). The number of aliphatic carboxylic acids is 1. The molecular formula is C7H14O5. The molecule has 0 radical (unpaired) electrons. The molecule has 0 aliphatic heterocycles. The van der Waals surface area contributed by atoms with Crippen molar-refractivity contribution in [2.24, 2.45) is 0 Å². The van der Waals surface area contributed by atoms with Gasteiger partial charge in [-0.25, -0.2) is 0 Å². The van der Waals surface area contributed by atoms with Crippen molar-refractivity contribution in [3.63, 3.8) is 0 Å². The number of hydrogen-bond donors (Lipinski definition) is 1. The van der Waals surface area contributed by atoms with Gasteiger partial charge in [0.25, 0.3) is 5.97 Å². The van der Waals surface area contributed by atoms with Gasteiger partial charge in [0.15, 0.2) is 0 Å². The molecule has 72 valence electrons. The van der Waals surface area contributed by atoms with E-state index in [0.29, 0.717) is 6.61 Å². The number of hydrogen-bond acceptors (Lipinski definition) is 3. The van der Waals surface area contributed by atoms with Gasteiger partial charge in [0.2, 0.25) is 0 Å². The lowest BCUT2D eigenvalue weighted by atomic mass is 10.7. The Bertz CT molecular complexity index is 137. The van der Waals surface area contributed by atoms with Crippen LogP contribution in [-0.4, -0.2) is 29.1 Å². The lowest BCUT2D eigenvalue weighted by Crippen LogP contribution is -1.96. The number of carbonyl (C=O) groups is 2. The minimum absolute atomic E-state index is 0. The molecule has 0 atom stereocenters. The van der Waals surface area contributed by atoms with Gasteiger partial charge in [0.05, 0.1) is 0 Å². The molecule has 0 aromatic rings. The number of carboxylic acid groups (broad SMARTS) is 1. The molecule has 0 bridgehead atoms. The number of rotatable bonds is 2. The summed E-state index contributed by atoms with van der Waals surface area (Å²) >= 11 is 0. The van der Waals surface area contributed by atoms with Gasteiger partial charge in [-0.3, -0.25) is 9.59 Å². The Morgan fingerprint density at radius 1 is 1.50 bits per heavy atom. The van der Waals surface area contributed by atoms with Crippen molar-refractivity contribution in [2.75, 3.05) is 6.61 Å². The van der Waals surface area contributed by atoms with Crippen LogP contribution in [-0.2, 0) is 14.3 Å². The molecule has 5 heteroatoms. The maximum Gasteiger partial charge on any atom is 0.302 e. The number of ether oxygens (including phenoxy) is 1. The fourth-order valence-corrected chi connectivity index (χ4v) is 0.176. The van der Waals surface area contributed by atoms with E-state index in [1.807, 2.05) is 0 Å². The van der Waals surface area contributed by atoms with E-state index in [4.69, 9.17) is 9.90 Å². The van der Waals surface area contributed by atoms with E-state index in [0.717, 1.165) is 6.92 Å². The third kappa shape index (κ3) is 72.4. The van der Waals surface area contributed by atoms with E-state index in [1.54, 1.807) is 0 Å². The molecule has 0 aliphatic rings. The normalized spacial score (nSPS) is 6.50. The highest BCUT2D eigenvalue weighted by Crippen LogP contribution is 1.73. The average Bonchev–Trinajstić information content (AvgIpc) is 1.82. The predicted molar refractivity (Wildman–Crippen MR) is 43.8 cm³/mol. The van der Waals surface area contributed by atoms with Gasteiger partial charge in [-0.05, 0) is 0 Å². The molecule has 3 N–H and O–H groups in total. The van der Waals surface area contributed by atoms with Crippen molar-refractivity contribution in [1.82, 2.24) is 0 Å². The molecule has 0 aliphatic carbocycles. The Kier molecular flexibility index (Phi) is 17.4. The third-order valence-corrected chi connectivity index (χ3v) is 0.404. The van der Waals surface area contributed by atoms with Crippen molar-refractivity contribution >= 4 is 11.9 Å². The first-order valence-electron chi connectivity index (χ1n) is 2.94. The first-order chi connectivity index (χ1) is 5.00. The zero-order valence-corrected chi connectivity index (χ0v) is 7.16. The molecule has 0 fully saturated rings. The van der Waals surface area contributed by atoms with Gasteiger partial charge < -0.3 is 15.3 Å². The lowest BCUT2D eigenvalue weighted by molar-refractivity contribution is -0.139. The number of esters is 1. The summed E-state index contributed by atoms with van der Waals surface area (Å²) < 4.78 is 4.43. The second kappa shape index (κ2) is 12.3. The minimum Gasteiger partial charge on any atom is -0.481 e. The Balaban J connectivity index is -0.000000142. The van der Waals surface area contributed by atoms with Crippen LogP contribution in [0.5, 0.6) is 0 Å². The van der Waals surface area contributed by atoms with Crippen LogP contribution in [0.3, 0.4) is 0 Å². The van der Waals surface area contributed by atoms with Crippen LogP contribution in [0.15, 0.2) is 12.7 Å². The van der Waals surface area contributed by atoms with Crippen LogP contribution in [0.25, 0.3) is 0 Å². The molecule has 0 aromatic carbocycles. The van der Waals surface area contributed by atoms with Gasteiger partial charge in [0.1, 0.15) is 6.61 Å². The average molecular weight is 178 g/mol. The van der Waals surface area contributed by atoms with Crippen LogP contribution in [0.4, 0.5) is 0 Å². The molecule has 0 spiro atoms. The molecule has 0 saturated carbocycles. The molecule has 0 amide bonds. The molecule has 0 aromatic heterocycles. The summed E-state index contributed by atoms with van der Waals surface area (Å²) in [7, 11) is 0. The Morgan fingerprint density at radius 2 is 1.83 bits per heavy atom. The third-order valence-electron chi connectivity index (χ3n) is 0.404. The predicted octanol–water partition coefficient (Wildman–Crippen LogP) is 0.00170. The molecule has 0 saturated heterocycles. The van der Waals surface area contributed by atoms with Crippen molar-refractivity contribution in [3.05, 3.63) is 12.7 Å². The Morgan fingerprint density at radius 3 is 1.92 bits per heavy atom. The maximum atomic E-state index is 9.93. The molecule has 12 heavy (non-hydrogen) atoms. The van der Waals surface area contributed by atoms with E-state index >= 15 is 0 Å². The summed E-state index contributed by atoms with van der Waals surface area (Å²) in [6.07, 6.45) is 1.53. The van der Waals surface area contributed by atoms with Gasteiger partial charge in [-0.15, -0.1) is 0 Å². The number of carboxylic acids is 1. The SMILES string of the molecule is C=CCOC(C)=O.CC(=O)O.O. The molecular weight excluding hydrogens is 164 g/mol. The zero-order valence-electron chi connectivity index (χ0n) is 7.16. The highest BCUT2D eigenvalue weighted by molar-refractivity contribution is 5.65. The smallest absolute Gasteiger partial charge is 0.302 e. The van der Waals surface area contributed by atoms with Crippen LogP contribution < -0.4 is 0 Å². The lowest BCUT2D eigenvalue weighted by Gasteiger charge is -1.90. The second-order valence-corrected chi connectivity index (χ2v) is 1.61. The van der Waals surface area contributed by atoms with E-state index in [1.165, 1.54) is 13.0 Å². The van der Waals surface area contributed by atoms with Gasteiger partial charge >= 0.3 is 5.97 Å².